The molecule has 40 heavy (non-hydrogen) atoms. The van der Waals surface area contributed by atoms with Crippen molar-refractivity contribution in [3.8, 4) is 0 Å². The fourth-order valence-corrected chi connectivity index (χ4v) is 8.65. The predicted octanol–water partition coefficient (Wildman–Crippen LogP) is 4.72. The summed E-state index contributed by atoms with van der Waals surface area (Å²) >= 11 is 0. The van der Waals surface area contributed by atoms with Gasteiger partial charge < -0.3 is 10.2 Å². The molecular weight excluding hydrogens is 524 g/mol. The Morgan fingerprint density at radius 3 is 2.20 bits per heavy atom. The molecule has 1 saturated heterocycles. The van der Waals surface area contributed by atoms with E-state index in [1.54, 1.807) is 12.1 Å². The largest absolute Gasteiger partial charge is 0.351 e. The Balaban J connectivity index is 1.22. The fourth-order valence-electron chi connectivity index (χ4n) is 8.29. The molecule has 1 heterocycles. The fraction of sp³-hybridized carbons (Fsp3) is 0.562. The first-order chi connectivity index (χ1) is 18.8. The highest BCUT2D eigenvalue weighted by Crippen LogP contribution is 2.68. The quantitative estimate of drug-likeness (QED) is 0.357. The van der Waals surface area contributed by atoms with Gasteiger partial charge in [-0.25, -0.2) is 0 Å². The molecule has 4 bridgehead atoms. The van der Waals surface area contributed by atoms with Crippen molar-refractivity contribution in [2.45, 2.75) is 82.2 Å². The number of rotatable bonds is 8. The van der Waals surface area contributed by atoms with E-state index >= 15 is 0 Å². The third kappa shape index (κ3) is 5.09. The van der Waals surface area contributed by atoms with Gasteiger partial charge in [0.25, 0.3) is 16.0 Å². The van der Waals surface area contributed by atoms with Crippen LogP contribution in [0.5, 0.6) is 0 Å². The van der Waals surface area contributed by atoms with Gasteiger partial charge in [-0.15, -0.1) is 0 Å². The lowest BCUT2D eigenvalue weighted by molar-refractivity contribution is -0.129. The first-order valence-electron chi connectivity index (χ1n) is 14.6. The molecule has 3 unspecified atom stereocenters. The number of nitrogens with one attached hydrogen (secondary N) is 1. The number of benzene rings is 2. The molecular formula is C32H40N2O5S. The van der Waals surface area contributed by atoms with Gasteiger partial charge in [-0.2, -0.15) is 8.42 Å². The number of carbonyl (C=O) groups excluding carboxylic acids is 2. The molecule has 7 rings (SSSR count). The van der Waals surface area contributed by atoms with Crippen LogP contribution in [-0.2, 0) is 26.7 Å². The van der Waals surface area contributed by atoms with Gasteiger partial charge in [0.1, 0.15) is 0 Å². The van der Waals surface area contributed by atoms with Crippen molar-refractivity contribution >= 4 is 21.9 Å². The standard InChI is InChI=1S/C32H40N2O5S/c1-31(2,3)26-10-8-23(9-11-26)27(17-20-4-6-24(7-5-20)29(35)33-12-13-40(37,38)39)30(36)34-28-25-15-21-14-22(16-25)19-32(28,34)18-21/h4-11,21-22,25,27-28H,12-19H2,1-3H3,(H,33,35)(H,37,38,39)/t21-,22+,25-,27?,28?,32?,34?. The average Bonchev–Trinajstić information content (AvgIpc) is 3.53. The lowest BCUT2D eigenvalue weighted by Gasteiger charge is -2.47. The van der Waals surface area contributed by atoms with Crippen LogP contribution in [0, 0.1) is 17.8 Å². The van der Waals surface area contributed by atoms with E-state index in [0.717, 1.165) is 23.0 Å². The Morgan fingerprint density at radius 2 is 1.62 bits per heavy atom. The van der Waals surface area contributed by atoms with Crippen molar-refractivity contribution in [3.05, 3.63) is 70.8 Å². The van der Waals surface area contributed by atoms with Gasteiger partial charge in [0, 0.05) is 12.1 Å². The molecule has 5 fully saturated rings. The van der Waals surface area contributed by atoms with E-state index in [1.807, 2.05) is 12.1 Å². The van der Waals surface area contributed by atoms with Gasteiger partial charge in [-0.1, -0.05) is 57.2 Å². The maximum Gasteiger partial charge on any atom is 0.266 e. The zero-order chi connectivity index (χ0) is 28.4. The molecule has 5 aliphatic rings. The maximum atomic E-state index is 14.4. The second kappa shape index (κ2) is 9.69. The van der Waals surface area contributed by atoms with Crippen LogP contribution in [0.15, 0.2) is 48.5 Å². The maximum absolute atomic E-state index is 14.4. The molecule has 2 aromatic carbocycles. The summed E-state index contributed by atoms with van der Waals surface area (Å²) in [5.41, 5.74) is 3.77. The van der Waals surface area contributed by atoms with Crippen LogP contribution < -0.4 is 5.32 Å². The van der Waals surface area contributed by atoms with E-state index in [9.17, 15) is 18.0 Å². The van der Waals surface area contributed by atoms with Crippen LogP contribution in [-0.4, -0.2) is 53.6 Å². The molecule has 214 valence electrons. The van der Waals surface area contributed by atoms with E-state index in [1.165, 1.54) is 37.7 Å². The first kappa shape index (κ1) is 27.5. The van der Waals surface area contributed by atoms with Gasteiger partial charge in [0.15, 0.2) is 0 Å². The lowest BCUT2D eigenvalue weighted by atomic mass is 9.56. The number of amides is 2. The molecule has 4 saturated carbocycles. The summed E-state index contributed by atoms with van der Waals surface area (Å²) in [6, 6.07) is 16.1. The normalized spacial score (nSPS) is 29.1. The lowest BCUT2D eigenvalue weighted by Crippen LogP contribution is -2.45. The summed E-state index contributed by atoms with van der Waals surface area (Å²) in [4.78, 5) is 29.1. The number of likely N-dealkylation sites (tertiary alicyclic amines) is 1. The molecule has 1 spiro atoms. The highest BCUT2D eigenvalue weighted by atomic mass is 32.2. The minimum Gasteiger partial charge on any atom is -0.351 e. The van der Waals surface area contributed by atoms with Gasteiger partial charge in [0.05, 0.1) is 23.3 Å². The zero-order valence-corrected chi connectivity index (χ0v) is 24.4. The molecule has 6 atom stereocenters. The second-order valence-electron chi connectivity index (χ2n) is 13.7. The van der Waals surface area contributed by atoms with E-state index in [0.29, 0.717) is 23.9 Å². The Hall–Kier alpha value is -2.71. The molecule has 7 nitrogen and oxygen atoms in total. The molecule has 1 aliphatic heterocycles. The summed E-state index contributed by atoms with van der Waals surface area (Å²) < 4.78 is 30.7. The Morgan fingerprint density at radius 1 is 1.00 bits per heavy atom. The molecule has 2 N–H and O–H groups in total. The Labute approximate surface area is 237 Å². The third-order valence-corrected chi connectivity index (χ3v) is 10.6. The summed E-state index contributed by atoms with van der Waals surface area (Å²) in [6.07, 6.45) is 6.81. The highest BCUT2D eigenvalue weighted by Gasteiger charge is 2.74. The van der Waals surface area contributed by atoms with Crippen molar-refractivity contribution in [3.63, 3.8) is 0 Å². The van der Waals surface area contributed by atoms with Crippen molar-refractivity contribution in [1.82, 2.24) is 10.2 Å². The molecule has 8 heteroatoms. The van der Waals surface area contributed by atoms with Crippen LogP contribution in [0.1, 0.15) is 85.8 Å². The Bertz CT molecular complexity index is 1400. The average molecular weight is 565 g/mol. The number of hydrogen-bond donors (Lipinski definition) is 2. The highest BCUT2D eigenvalue weighted by molar-refractivity contribution is 7.85. The van der Waals surface area contributed by atoms with Crippen LogP contribution in [0.4, 0.5) is 0 Å². The third-order valence-electron chi connectivity index (χ3n) is 9.93. The molecule has 4 aliphatic carbocycles. The minimum absolute atomic E-state index is 0.0296. The van der Waals surface area contributed by atoms with E-state index in [2.05, 4.69) is 55.3 Å². The van der Waals surface area contributed by atoms with Gasteiger partial charge in [-0.3, -0.25) is 14.1 Å². The topological polar surface area (TPSA) is 104 Å². The van der Waals surface area contributed by atoms with Crippen molar-refractivity contribution in [1.29, 1.82) is 0 Å². The summed E-state index contributed by atoms with van der Waals surface area (Å²) in [5, 5.41) is 2.52. The van der Waals surface area contributed by atoms with Crippen LogP contribution in [0.2, 0.25) is 0 Å². The molecule has 2 aromatic rings. The van der Waals surface area contributed by atoms with E-state index in [4.69, 9.17) is 4.55 Å². The monoisotopic (exact) mass is 564 g/mol. The van der Waals surface area contributed by atoms with Gasteiger partial charge in [0.2, 0.25) is 5.91 Å². The van der Waals surface area contributed by atoms with E-state index in [-0.39, 0.29) is 29.3 Å². The molecule has 0 aromatic heterocycles. The summed E-state index contributed by atoms with van der Waals surface area (Å²) in [5.74, 6) is 1.25. The smallest absolute Gasteiger partial charge is 0.266 e. The van der Waals surface area contributed by atoms with Gasteiger partial charge >= 0.3 is 0 Å². The number of nitrogens with zero attached hydrogens (tertiary/aromatic N) is 1. The van der Waals surface area contributed by atoms with Crippen LogP contribution >= 0.6 is 0 Å². The van der Waals surface area contributed by atoms with E-state index < -0.39 is 21.8 Å². The van der Waals surface area contributed by atoms with Crippen LogP contribution in [0.25, 0.3) is 0 Å². The molecule has 2 amide bonds. The zero-order valence-electron chi connectivity index (χ0n) is 23.6. The summed E-state index contributed by atoms with van der Waals surface area (Å²) in [6.45, 7) is 6.41. The van der Waals surface area contributed by atoms with Crippen LogP contribution in [0.3, 0.4) is 0 Å². The van der Waals surface area contributed by atoms with Crippen molar-refractivity contribution in [2.75, 3.05) is 12.3 Å². The number of hydrogen-bond acceptors (Lipinski definition) is 4. The number of carbonyl (C=O) groups is 2. The summed E-state index contributed by atoms with van der Waals surface area (Å²) in [7, 11) is -4.14. The predicted molar refractivity (Wildman–Crippen MR) is 154 cm³/mol. The SMILES string of the molecule is CC(C)(C)c1ccc(C(Cc2ccc(C(=O)NCCS(=O)(=O)O)cc2)C(=O)N2C3[C@@H]4C[C@H]5C[C@@H](C4)CC32C5)cc1. The second-order valence-corrected chi connectivity index (χ2v) is 15.3. The first-order valence-corrected chi connectivity index (χ1v) is 16.2. The minimum atomic E-state index is -4.14. The molecule has 0 radical (unpaired) electrons. The Kier molecular flexibility index (Phi) is 6.65. The van der Waals surface area contributed by atoms with Crippen molar-refractivity contribution < 1.29 is 22.6 Å². The van der Waals surface area contributed by atoms with Gasteiger partial charge in [-0.05, 0) is 90.5 Å². The van der Waals surface area contributed by atoms with Crippen molar-refractivity contribution in [2.24, 2.45) is 17.8 Å².